The fraction of sp³-hybridized carbons (Fsp3) is 0.611. The van der Waals surface area contributed by atoms with Crippen molar-refractivity contribution in [2.75, 3.05) is 24.7 Å². The number of fused-ring (bicyclic) bond motifs is 2. The van der Waals surface area contributed by atoms with Gasteiger partial charge < -0.3 is 9.64 Å². The molecule has 1 aliphatic carbocycles. The Bertz CT molecular complexity index is 713. The highest BCUT2D eigenvalue weighted by Gasteiger charge is 2.54. The van der Waals surface area contributed by atoms with E-state index in [1.807, 2.05) is 24.4 Å². The second-order valence-electron chi connectivity index (χ2n) is 7.31. The van der Waals surface area contributed by atoms with Gasteiger partial charge in [0.25, 0.3) is 0 Å². The van der Waals surface area contributed by atoms with E-state index in [1.165, 1.54) is 32.1 Å². The van der Waals surface area contributed by atoms with Crippen molar-refractivity contribution in [2.45, 2.75) is 38.1 Å². The molecule has 24 heavy (non-hydrogen) atoms. The molecule has 2 aliphatic heterocycles. The maximum Gasteiger partial charge on any atom is 0.208 e. The fourth-order valence-electron chi connectivity index (χ4n) is 5.04. The summed E-state index contributed by atoms with van der Waals surface area (Å²) in [6.45, 7) is 2.97. The molecule has 0 bridgehead atoms. The molecule has 5 rings (SSSR count). The average Bonchev–Trinajstić information content (AvgIpc) is 3.35. The van der Waals surface area contributed by atoms with Crippen LogP contribution in [0.25, 0.3) is 10.7 Å². The summed E-state index contributed by atoms with van der Waals surface area (Å²) >= 11 is 1.69. The molecule has 4 heterocycles. The molecule has 6 heteroatoms. The van der Waals surface area contributed by atoms with Crippen LogP contribution in [0, 0.1) is 11.3 Å². The summed E-state index contributed by atoms with van der Waals surface area (Å²) in [7, 11) is 0. The quantitative estimate of drug-likeness (QED) is 0.837. The van der Waals surface area contributed by atoms with Crippen LogP contribution in [0.4, 0.5) is 5.13 Å². The van der Waals surface area contributed by atoms with Gasteiger partial charge in [-0.05, 0) is 49.1 Å². The molecule has 0 radical (unpaired) electrons. The molecule has 3 aliphatic rings. The van der Waals surface area contributed by atoms with E-state index in [4.69, 9.17) is 4.74 Å². The topological polar surface area (TPSA) is 51.1 Å². The molecule has 2 aromatic rings. The number of hydrogen-bond donors (Lipinski definition) is 0. The van der Waals surface area contributed by atoms with E-state index in [-0.39, 0.29) is 0 Å². The highest BCUT2D eigenvalue weighted by atomic mass is 32.1. The summed E-state index contributed by atoms with van der Waals surface area (Å²) < 4.78 is 5.66. The Labute approximate surface area is 146 Å². The largest absolute Gasteiger partial charge is 0.381 e. The normalized spacial score (nSPS) is 28.4. The first-order chi connectivity index (χ1) is 11.9. The van der Waals surface area contributed by atoms with E-state index in [9.17, 15) is 0 Å². The minimum absolute atomic E-state index is 0.441. The van der Waals surface area contributed by atoms with E-state index < -0.39 is 0 Å². The number of anilines is 1. The maximum absolute atomic E-state index is 5.66. The lowest BCUT2D eigenvalue weighted by molar-refractivity contribution is 0.00156. The summed E-state index contributed by atoms with van der Waals surface area (Å²) in [5.74, 6) is 0.809. The minimum atomic E-state index is 0.441. The lowest BCUT2D eigenvalue weighted by Crippen LogP contribution is -2.36. The van der Waals surface area contributed by atoms with Crippen molar-refractivity contribution in [1.82, 2.24) is 15.2 Å². The average molecular weight is 342 g/mol. The van der Waals surface area contributed by atoms with Crippen LogP contribution in [0.1, 0.15) is 32.1 Å². The third-order valence-corrected chi connectivity index (χ3v) is 7.17. The second-order valence-corrected chi connectivity index (χ2v) is 8.27. The highest BCUT2D eigenvalue weighted by Crippen LogP contribution is 2.55. The summed E-state index contributed by atoms with van der Waals surface area (Å²) in [4.78, 5) is 6.97. The Morgan fingerprint density at radius 1 is 1.17 bits per heavy atom. The van der Waals surface area contributed by atoms with E-state index in [0.717, 1.165) is 41.5 Å². The molecule has 2 aromatic heterocycles. The number of hydrogen-bond acceptors (Lipinski definition) is 6. The molecule has 0 unspecified atom stereocenters. The zero-order valence-corrected chi connectivity index (χ0v) is 14.5. The first-order valence-electron chi connectivity index (χ1n) is 8.95. The Kier molecular flexibility index (Phi) is 3.56. The van der Waals surface area contributed by atoms with Gasteiger partial charge in [0.15, 0.2) is 5.01 Å². The number of nitrogens with zero attached hydrogens (tertiary/aromatic N) is 4. The van der Waals surface area contributed by atoms with Crippen LogP contribution >= 0.6 is 11.3 Å². The summed E-state index contributed by atoms with van der Waals surface area (Å²) in [6.07, 6.45) is 8.24. The Morgan fingerprint density at radius 3 is 2.92 bits per heavy atom. The van der Waals surface area contributed by atoms with Crippen LogP contribution < -0.4 is 4.90 Å². The van der Waals surface area contributed by atoms with Crippen LogP contribution in [-0.2, 0) is 4.74 Å². The lowest BCUT2D eigenvalue weighted by Gasteiger charge is -2.37. The zero-order valence-electron chi connectivity index (χ0n) is 13.7. The fourth-order valence-corrected chi connectivity index (χ4v) is 5.92. The molecular formula is C18H22N4OS. The van der Waals surface area contributed by atoms with Crippen molar-refractivity contribution in [3.8, 4) is 10.7 Å². The van der Waals surface area contributed by atoms with Crippen molar-refractivity contribution >= 4 is 16.5 Å². The van der Waals surface area contributed by atoms with Crippen molar-refractivity contribution in [3.05, 3.63) is 24.4 Å². The van der Waals surface area contributed by atoms with Gasteiger partial charge >= 0.3 is 0 Å². The lowest BCUT2D eigenvalue weighted by atomic mass is 9.71. The van der Waals surface area contributed by atoms with Crippen molar-refractivity contribution in [2.24, 2.45) is 11.3 Å². The van der Waals surface area contributed by atoms with Gasteiger partial charge in [0, 0.05) is 32.0 Å². The molecule has 0 amide bonds. The summed E-state index contributed by atoms with van der Waals surface area (Å²) in [5, 5.41) is 11.0. The highest BCUT2D eigenvalue weighted by molar-refractivity contribution is 7.18. The molecule has 1 spiro atoms. The van der Waals surface area contributed by atoms with Crippen LogP contribution in [0.5, 0.6) is 0 Å². The van der Waals surface area contributed by atoms with E-state index >= 15 is 0 Å². The minimum Gasteiger partial charge on any atom is -0.381 e. The Hall–Kier alpha value is -1.53. The molecule has 3 fully saturated rings. The SMILES string of the molecule is c1ccc(-c2nnc(N3CC4(CCOCC4)[C@@H]4CCC[C@@H]43)s2)nc1. The van der Waals surface area contributed by atoms with Gasteiger partial charge in [0.2, 0.25) is 5.13 Å². The summed E-state index contributed by atoms with van der Waals surface area (Å²) in [5.41, 5.74) is 1.36. The van der Waals surface area contributed by atoms with Crippen molar-refractivity contribution in [3.63, 3.8) is 0 Å². The van der Waals surface area contributed by atoms with Crippen molar-refractivity contribution < 1.29 is 4.74 Å². The molecule has 0 aromatic carbocycles. The maximum atomic E-state index is 5.66. The third-order valence-electron chi connectivity index (χ3n) is 6.18. The summed E-state index contributed by atoms with van der Waals surface area (Å²) in [6, 6.07) is 6.59. The van der Waals surface area contributed by atoms with Gasteiger partial charge in [-0.2, -0.15) is 0 Å². The van der Waals surface area contributed by atoms with E-state index in [1.54, 1.807) is 11.3 Å². The van der Waals surface area contributed by atoms with Gasteiger partial charge in [0.05, 0.1) is 0 Å². The molecule has 2 atom stereocenters. The Morgan fingerprint density at radius 2 is 2.08 bits per heavy atom. The van der Waals surface area contributed by atoms with Crippen LogP contribution in [0.15, 0.2) is 24.4 Å². The van der Waals surface area contributed by atoms with Gasteiger partial charge in [-0.3, -0.25) is 4.98 Å². The molecule has 2 saturated heterocycles. The smallest absolute Gasteiger partial charge is 0.208 e. The standard InChI is InChI=1S/C18H22N4OS/c1-2-9-19-14(5-1)16-20-21-17(24-16)22-12-18(7-10-23-11-8-18)13-4-3-6-15(13)22/h1-2,5,9,13,15H,3-4,6-8,10-12H2/t13-,15+/m1/s1. The van der Waals surface area contributed by atoms with Gasteiger partial charge in [-0.15, -0.1) is 10.2 Å². The number of rotatable bonds is 2. The number of aromatic nitrogens is 3. The first kappa shape index (κ1) is 14.8. The van der Waals surface area contributed by atoms with Gasteiger partial charge in [-0.25, -0.2) is 0 Å². The van der Waals surface area contributed by atoms with Crippen LogP contribution in [0.3, 0.4) is 0 Å². The van der Waals surface area contributed by atoms with Gasteiger partial charge in [0.1, 0.15) is 5.69 Å². The Balaban J connectivity index is 1.46. The van der Waals surface area contributed by atoms with Gasteiger partial charge in [-0.1, -0.05) is 23.8 Å². The predicted octanol–water partition coefficient (Wildman–Crippen LogP) is 3.39. The molecule has 5 nitrogen and oxygen atoms in total. The molecule has 1 saturated carbocycles. The predicted molar refractivity (Wildman–Crippen MR) is 94.1 cm³/mol. The van der Waals surface area contributed by atoms with Crippen LogP contribution in [-0.4, -0.2) is 41.0 Å². The monoisotopic (exact) mass is 342 g/mol. The van der Waals surface area contributed by atoms with E-state index in [2.05, 4.69) is 20.1 Å². The third kappa shape index (κ3) is 2.27. The van der Waals surface area contributed by atoms with Crippen LogP contribution in [0.2, 0.25) is 0 Å². The molecule has 0 N–H and O–H groups in total. The first-order valence-corrected chi connectivity index (χ1v) is 9.77. The molecule has 126 valence electrons. The number of pyridine rings is 1. The second kappa shape index (κ2) is 5.77. The van der Waals surface area contributed by atoms with E-state index in [0.29, 0.717) is 11.5 Å². The number of ether oxygens (including phenoxy) is 1. The zero-order chi connectivity index (χ0) is 16.0. The molecular weight excluding hydrogens is 320 g/mol. The van der Waals surface area contributed by atoms with Crippen molar-refractivity contribution in [1.29, 1.82) is 0 Å².